The van der Waals surface area contributed by atoms with Crippen molar-refractivity contribution in [2.24, 2.45) is 0 Å². The molecule has 0 unspecified atom stereocenters. The molecule has 0 bridgehead atoms. The maximum Gasteiger partial charge on any atom is 0.343 e. The molecule has 0 saturated heterocycles. The second-order valence-corrected chi connectivity index (χ2v) is 6.72. The zero-order chi connectivity index (χ0) is 19.7. The molecule has 138 valence electrons. The van der Waals surface area contributed by atoms with Gasteiger partial charge in [0.15, 0.2) is 5.76 Å². The van der Waals surface area contributed by atoms with E-state index < -0.39 is 5.97 Å². The molecular weight excluding hydrogens is 352 g/mol. The lowest BCUT2D eigenvalue weighted by Gasteiger charge is -2.08. The van der Waals surface area contributed by atoms with Gasteiger partial charge in [0, 0.05) is 6.07 Å². The number of benzene rings is 3. The van der Waals surface area contributed by atoms with E-state index in [1.807, 2.05) is 49.4 Å². The molecule has 0 amide bonds. The first kappa shape index (κ1) is 17.7. The van der Waals surface area contributed by atoms with E-state index in [9.17, 15) is 9.59 Å². The molecule has 0 saturated carbocycles. The molecule has 0 fully saturated rings. The average Bonchev–Trinajstić information content (AvgIpc) is 2.99. The van der Waals surface area contributed by atoms with Gasteiger partial charge in [-0.1, -0.05) is 48.0 Å². The number of carbonyl (C=O) groups is 2. The number of allylic oxidation sites excluding steroid dienone is 1. The molecule has 1 aliphatic heterocycles. The number of Topliss-reactive ketones (excluding diaryl/α,β-unsaturated/α-hetero) is 1. The van der Waals surface area contributed by atoms with Crippen LogP contribution in [0.15, 0.2) is 72.5 Å². The van der Waals surface area contributed by atoms with Crippen LogP contribution in [0.1, 0.15) is 37.4 Å². The van der Waals surface area contributed by atoms with Crippen LogP contribution < -0.4 is 9.47 Å². The minimum Gasteiger partial charge on any atom is -0.452 e. The van der Waals surface area contributed by atoms with E-state index in [1.165, 1.54) is 0 Å². The normalized spacial score (nSPS) is 13.9. The molecule has 3 aromatic rings. The quantitative estimate of drug-likeness (QED) is 0.364. The number of hydrogen-bond acceptors (Lipinski definition) is 4. The minimum absolute atomic E-state index is 0.173. The second kappa shape index (κ2) is 7.16. The number of ether oxygens (including phenoxy) is 2. The van der Waals surface area contributed by atoms with Crippen molar-refractivity contribution in [3.05, 3.63) is 100 Å². The van der Waals surface area contributed by atoms with Gasteiger partial charge in [-0.25, -0.2) is 4.79 Å². The van der Waals surface area contributed by atoms with Crippen LogP contribution in [0.2, 0.25) is 0 Å². The van der Waals surface area contributed by atoms with Crippen LogP contribution in [0.3, 0.4) is 0 Å². The van der Waals surface area contributed by atoms with E-state index in [4.69, 9.17) is 9.47 Å². The van der Waals surface area contributed by atoms with Crippen molar-refractivity contribution in [1.29, 1.82) is 0 Å². The predicted octanol–water partition coefficient (Wildman–Crippen LogP) is 5.14. The number of fused-ring (bicyclic) bond motifs is 1. The van der Waals surface area contributed by atoms with Gasteiger partial charge in [-0.2, -0.15) is 0 Å². The molecule has 3 aromatic carbocycles. The van der Waals surface area contributed by atoms with Crippen LogP contribution >= 0.6 is 0 Å². The van der Waals surface area contributed by atoms with Crippen molar-refractivity contribution in [1.82, 2.24) is 0 Å². The summed E-state index contributed by atoms with van der Waals surface area (Å²) >= 11 is 0. The molecule has 4 heteroatoms. The van der Waals surface area contributed by atoms with Gasteiger partial charge >= 0.3 is 5.97 Å². The Labute approximate surface area is 163 Å². The summed E-state index contributed by atoms with van der Waals surface area (Å²) in [4.78, 5) is 25.1. The van der Waals surface area contributed by atoms with Gasteiger partial charge in [0.1, 0.15) is 11.5 Å². The Bertz CT molecular complexity index is 1090. The van der Waals surface area contributed by atoms with E-state index in [2.05, 4.69) is 0 Å². The molecule has 1 heterocycles. The maximum absolute atomic E-state index is 12.7. The van der Waals surface area contributed by atoms with Crippen molar-refractivity contribution in [3.63, 3.8) is 0 Å². The maximum atomic E-state index is 12.7. The molecule has 0 spiro atoms. The number of esters is 1. The van der Waals surface area contributed by atoms with Gasteiger partial charge in [0.05, 0.1) is 11.1 Å². The van der Waals surface area contributed by atoms with Gasteiger partial charge < -0.3 is 9.47 Å². The van der Waals surface area contributed by atoms with E-state index in [1.54, 1.807) is 37.3 Å². The van der Waals surface area contributed by atoms with E-state index in [0.29, 0.717) is 28.2 Å². The second-order valence-electron chi connectivity index (χ2n) is 6.72. The van der Waals surface area contributed by atoms with Crippen LogP contribution in [-0.2, 0) is 0 Å². The van der Waals surface area contributed by atoms with Crippen molar-refractivity contribution in [3.8, 4) is 11.5 Å². The molecule has 0 atom stereocenters. The van der Waals surface area contributed by atoms with Crippen LogP contribution in [0.4, 0.5) is 0 Å². The summed E-state index contributed by atoms with van der Waals surface area (Å²) in [6.07, 6.45) is 1.71. The highest BCUT2D eigenvalue weighted by molar-refractivity contribution is 6.15. The molecule has 28 heavy (non-hydrogen) atoms. The van der Waals surface area contributed by atoms with Crippen molar-refractivity contribution < 1.29 is 19.1 Å². The molecule has 0 N–H and O–H groups in total. The van der Waals surface area contributed by atoms with Gasteiger partial charge in [0.2, 0.25) is 5.78 Å². The number of aryl methyl sites for hydroxylation is 2. The summed E-state index contributed by atoms with van der Waals surface area (Å²) in [7, 11) is 0. The van der Waals surface area contributed by atoms with Crippen LogP contribution in [-0.4, -0.2) is 11.8 Å². The van der Waals surface area contributed by atoms with Gasteiger partial charge in [-0.15, -0.1) is 0 Å². The number of ketones is 1. The molecule has 4 rings (SSSR count). The summed E-state index contributed by atoms with van der Waals surface area (Å²) in [6, 6.07) is 19.9. The van der Waals surface area contributed by atoms with Crippen LogP contribution in [0, 0.1) is 13.8 Å². The standard InChI is InChI=1S/C24H18O4/c1-15-8-10-18(11-9-15)24(26)27-19-12-16(2)22-20(14-19)28-21(23(22)25)13-17-6-4-3-5-7-17/h3-14H,1-2H3/b21-13-. The summed E-state index contributed by atoms with van der Waals surface area (Å²) < 4.78 is 11.3. The smallest absolute Gasteiger partial charge is 0.343 e. The largest absolute Gasteiger partial charge is 0.452 e. The Hall–Kier alpha value is -3.66. The zero-order valence-corrected chi connectivity index (χ0v) is 15.6. The Morgan fingerprint density at radius 2 is 1.68 bits per heavy atom. The first-order valence-electron chi connectivity index (χ1n) is 8.94. The zero-order valence-electron chi connectivity index (χ0n) is 15.6. The Kier molecular flexibility index (Phi) is 4.53. The fourth-order valence-electron chi connectivity index (χ4n) is 3.09. The molecule has 1 aliphatic rings. The Morgan fingerprint density at radius 3 is 2.39 bits per heavy atom. The Balaban J connectivity index is 1.60. The van der Waals surface area contributed by atoms with Crippen molar-refractivity contribution >= 4 is 17.8 Å². The van der Waals surface area contributed by atoms with E-state index in [-0.39, 0.29) is 11.5 Å². The molecule has 4 nitrogen and oxygen atoms in total. The van der Waals surface area contributed by atoms with Gasteiger partial charge in [0.25, 0.3) is 0 Å². The highest BCUT2D eigenvalue weighted by atomic mass is 16.5. The monoisotopic (exact) mass is 370 g/mol. The van der Waals surface area contributed by atoms with E-state index in [0.717, 1.165) is 11.1 Å². The van der Waals surface area contributed by atoms with Crippen LogP contribution in [0.25, 0.3) is 6.08 Å². The van der Waals surface area contributed by atoms with Crippen LogP contribution in [0.5, 0.6) is 11.5 Å². The average molecular weight is 370 g/mol. The lowest BCUT2D eigenvalue weighted by Crippen LogP contribution is -2.08. The third-order valence-electron chi connectivity index (χ3n) is 4.54. The summed E-state index contributed by atoms with van der Waals surface area (Å²) in [5.41, 5.74) is 3.60. The predicted molar refractivity (Wildman–Crippen MR) is 107 cm³/mol. The number of carbonyl (C=O) groups excluding carboxylic acids is 2. The molecule has 0 aromatic heterocycles. The Morgan fingerprint density at radius 1 is 0.964 bits per heavy atom. The SMILES string of the molecule is Cc1ccc(C(=O)Oc2cc(C)c3c(c2)O/C(=C\c2ccccc2)C3=O)cc1. The lowest BCUT2D eigenvalue weighted by atomic mass is 10.0. The third-order valence-corrected chi connectivity index (χ3v) is 4.54. The highest BCUT2D eigenvalue weighted by Crippen LogP contribution is 2.37. The summed E-state index contributed by atoms with van der Waals surface area (Å²) in [5, 5.41) is 0. The molecule has 0 aliphatic carbocycles. The minimum atomic E-state index is -0.455. The summed E-state index contributed by atoms with van der Waals surface area (Å²) in [5.74, 6) is 0.372. The van der Waals surface area contributed by atoms with Crippen molar-refractivity contribution in [2.45, 2.75) is 13.8 Å². The molecule has 0 radical (unpaired) electrons. The third kappa shape index (κ3) is 3.45. The highest BCUT2D eigenvalue weighted by Gasteiger charge is 2.30. The van der Waals surface area contributed by atoms with E-state index >= 15 is 0 Å². The van der Waals surface area contributed by atoms with Crippen molar-refractivity contribution in [2.75, 3.05) is 0 Å². The topological polar surface area (TPSA) is 52.6 Å². The fourth-order valence-corrected chi connectivity index (χ4v) is 3.09. The molecular formula is C24H18O4. The van der Waals surface area contributed by atoms with Gasteiger partial charge in [-0.05, 0) is 49.2 Å². The first-order valence-corrected chi connectivity index (χ1v) is 8.94. The first-order chi connectivity index (χ1) is 13.5. The number of hydrogen-bond donors (Lipinski definition) is 0. The lowest BCUT2D eigenvalue weighted by molar-refractivity contribution is 0.0734. The number of rotatable bonds is 3. The fraction of sp³-hybridized carbons (Fsp3) is 0.0833. The summed E-state index contributed by atoms with van der Waals surface area (Å²) in [6.45, 7) is 3.75. The van der Waals surface area contributed by atoms with Gasteiger partial charge in [-0.3, -0.25) is 4.79 Å².